The summed E-state index contributed by atoms with van der Waals surface area (Å²) >= 11 is 0. The molecule has 0 aromatic carbocycles. The summed E-state index contributed by atoms with van der Waals surface area (Å²) in [6.45, 7) is 4.97. The van der Waals surface area contributed by atoms with Crippen molar-refractivity contribution in [2.45, 2.75) is 6.92 Å². The number of nitrogens with one attached hydrogen (secondary N) is 1. The summed E-state index contributed by atoms with van der Waals surface area (Å²) in [6, 6.07) is 2.98. The van der Waals surface area contributed by atoms with Gasteiger partial charge in [0.25, 0.3) is 5.91 Å². The molecule has 2 rings (SSSR count). The largest absolute Gasteiger partial charge is 0.355 e. The minimum Gasteiger partial charge on any atom is -0.355 e. The average molecular weight is 294 g/mol. The Morgan fingerprint density at radius 2 is 2.05 bits per heavy atom. The van der Waals surface area contributed by atoms with E-state index in [4.69, 9.17) is 0 Å². The first-order valence-corrected chi connectivity index (χ1v) is 7.00. The second-order valence-electron chi connectivity index (χ2n) is 4.86. The van der Waals surface area contributed by atoms with Gasteiger partial charge in [0, 0.05) is 38.9 Å². The second kappa shape index (κ2) is 7.12. The Labute approximate surface area is 122 Å². The fourth-order valence-corrected chi connectivity index (χ4v) is 2.28. The van der Waals surface area contributed by atoms with Gasteiger partial charge >= 0.3 is 0 Å². The zero-order valence-electron chi connectivity index (χ0n) is 12.0. The third kappa shape index (κ3) is 3.98. The highest BCUT2D eigenvalue weighted by molar-refractivity contribution is 5.94. The number of rotatable bonds is 4. The van der Waals surface area contributed by atoms with Crippen molar-refractivity contribution in [3.8, 4) is 0 Å². The fourth-order valence-electron chi connectivity index (χ4n) is 2.28. The van der Waals surface area contributed by atoms with Crippen molar-refractivity contribution in [3.05, 3.63) is 29.8 Å². The number of hydrogen-bond donors (Lipinski definition) is 1. The summed E-state index contributed by atoms with van der Waals surface area (Å²) in [6.07, 6.45) is 1.32. The van der Waals surface area contributed by atoms with Gasteiger partial charge in [-0.05, 0) is 19.1 Å². The molecule has 0 aliphatic carbocycles. The SMILES string of the molecule is CCNC(=O)CN1CCN(C(=O)c2cccnc2F)CC1. The predicted molar refractivity (Wildman–Crippen MR) is 75.2 cm³/mol. The average Bonchev–Trinajstić information content (AvgIpc) is 2.48. The Kier molecular flexibility index (Phi) is 5.21. The highest BCUT2D eigenvalue weighted by Crippen LogP contribution is 2.10. The standard InChI is InChI=1S/C14H19FN4O2/c1-2-16-12(20)10-18-6-8-19(9-7-18)14(21)11-4-3-5-17-13(11)15/h3-5H,2,6-10H2,1H3,(H,16,20). The van der Waals surface area contributed by atoms with Gasteiger partial charge in [0.1, 0.15) is 0 Å². The van der Waals surface area contributed by atoms with Crippen LogP contribution in [0.25, 0.3) is 0 Å². The van der Waals surface area contributed by atoms with E-state index < -0.39 is 5.95 Å². The van der Waals surface area contributed by atoms with Gasteiger partial charge in [-0.1, -0.05) is 0 Å². The third-order valence-electron chi connectivity index (χ3n) is 3.39. The molecule has 0 radical (unpaired) electrons. The molecule has 1 N–H and O–H groups in total. The van der Waals surface area contributed by atoms with Crippen LogP contribution in [0.3, 0.4) is 0 Å². The summed E-state index contributed by atoms with van der Waals surface area (Å²) in [5.74, 6) is -1.11. The molecule has 7 heteroatoms. The number of piperazine rings is 1. The van der Waals surface area contributed by atoms with Gasteiger partial charge in [0.15, 0.2) is 0 Å². The van der Waals surface area contributed by atoms with Gasteiger partial charge in [0.05, 0.1) is 12.1 Å². The lowest BCUT2D eigenvalue weighted by atomic mass is 10.2. The van der Waals surface area contributed by atoms with E-state index in [1.165, 1.54) is 12.3 Å². The highest BCUT2D eigenvalue weighted by atomic mass is 19.1. The topological polar surface area (TPSA) is 65.5 Å². The first kappa shape index (κ1) is 15.4. The highest BCUT2D eigenvalue weighted by Gasteiger charge is 2.25. The lowest BCUT2D eigenvalue weighted by molar-refractivity contribution is -0.122. The number of nitrogens with zero attached hydrogens (tertiary/aromatic N) is 3. The van der Waals surface area contributed by atoms with Crippen molar-refractivity contribution in [3.63, 3.8) is 0 Å². The third-order valence-corrected chi connectivity index (χ3v) is 3.39. The number of halogens is 1. The molecule has 6 nitrogen and oxygen atoms in total. The minimum atomic E-state index is -0.743. The van der Waals surface area contributed by atoms with E-state index >= 15 is 0 Å². The van der Waals surface area contributed by atoms with Gasteiger partial charge in [-0.2, -0.15) is 4.39 Å². The van der Waals surface area contributed by atoms with Gasteiger partial charge in [-0.3, -0.25) is 14.5 Å². The lowest BCUT2D eigenvalue weighted by Crippen LogP contribution is -2.51. The first-order chi connectivity index (χ1) is 10.1. The number of likely N-dealkylation sites (N-methyl/N-ethyl adjacent to an activating group) is 1. The zero-order chi connectivity index (χ0) is 15.2. The molecule has 1 aromatic heterocycles. The molecule has 0 saturated carbocycles. The molecule has 0 atom stereocenters. The number of aromatic nitrogens is 1. The lowest BCUT2D eigenvalue weighted by Gasteiger charge is -2.34. The number of hydrogen-bond acceptors (Lipinski definition) is 4. The molecule has 0 spiro atoms. The van der Waals surface area contributed by atoms with Crippen LogP contribution >= 0.6 is 0 Å². The maximum Gasteiger partial charge on any atom is 0.258 e. The molecule has 0 unspecified atom stereocenters. The quantitative estimate of drug-likeness (QED) is 0.801. The van der Waals surface area contributed by atoms with Gasteiger partial charge in [-0.25, -0.2) is 4.98 Å². The van der Waals surface area contributed by atoms with E-state index in [2.05, 4.69) is 10.3 Å². The Balaban J connectivity index is 1.88. The van der Waals surface area contributed by atoms with Gasteiger partial charge in [0.2, 0.25) is 11.9 Å². The van der Waals surface area contributed by atoms with Crippen LogP contribution in [0, 0.1) is 5.95 Å². The number of carbonyl (C=O) groups is 2. The normalized spacial score (nSPS) is 15.8. The predicted octanol–water partition coefficient (Wildman–Crippen LogP) is 0.115. The van der Waals surface area contributed by atoms with E-state index in [0.717, 1.165) is 0 Å². The molecule has 2 amide bonds. The molecule has 114 valence electrons. The molecule has 0 bridgehead atoms. The van der Waals surface area contributed by atoms with E-state index in [0.29, 0.717) is 39.3 Å². The summed E-state index contributed by atoms with van der Waals surface area (Å²) < 4.78 is 13.5. The second-order valence-corrected chi connectivity index (χ2v) is 4.86. The maximum atomic E-state index is 13.5. The van der Waals surface area contributed by atoms with Crippen LogP contribution in [0.1, 0.15) is 17.3 Å². The van der Waals surface area contributed by atoms with Crippen molar-refractivity contribution >= 4 is 11.8 Å². The minimum absolute atomic E-state index is 0.00493. The van der Waals surface area contributed by atoms with Crippen molar-refractivity contribution in [2.24, 2.45) is 0 Å². The van der Waals surface area contributed by atoms with Crippen LogP contribution in [-0.4, -0.2) is 65.9 Å². The van der Waals surface area contributed by atoms with Gasteiger partial charge < -0.3 is 10.2 Å². The first-order valence-electron chi connectivity index (χ1n) is 7.00. The van der Waals surface area contributed by atoms with E-state index in [-0.39, 0.29) is 17.4 Å². The molecular formula is C14H19FN4O2. The van der Waals surface area contributed by atoms with Crippen LogP contribution in [0.4, 0.5) is 4.39 Å². The molecule has 1 aliphatic rings. The van der Waals surface area contributed by atoms with Crippen LogP contribution < -0.4 is 5.32 Å². The van der Waals surface area contributed by atoms with Crippen LogP contribution in [-0.2, 0) is 4.79 Å². The molecule has 1 aromatic rings. The van der Waals surface area contributed by atoms with Crippen molar-refractivity contribution in [1.29, 1.82) is 0 Å². The Bertz CT molecular complexity index is 515. The van der Waals surface area contributed by atoms with E-state index in [1.807, 2.05) is 11.8 Å². The van der Waals surface area contributed by atoms with Crippen LogP contribution in [0.2, 0.25) is 0 Å². The Morgan fingerprint density at radius 3 is 2.67 bits per heavy atom. The van der Waals surface area contributed by atoms with E-state index in [9.17, 15) is 14.0 Å². The molecule has 2 heterocycles. The summed E-state index contributed by atoms with van der Waals surface area (Å²) in [5.41, 5.74) is -0.00493. The summed E-state index contributed by atoms with van der Waals surface area (Å²) in [4.78, 5) is 30.8. The number of carbonyl (C=O) groups excluding carboxylic acids is 2. The zero-order valence-corrected chi connectivity index (χ0v) is 12.0. The molecule has 1 saturated heterocycles. The maximum absolute atomic E-state index is 13.5. The number of amides is 2. The molecular weight excluding hydrogens is 275 g/mol. The van der Waals surface area contributed by atoms with Crippen LogP contribution in [0.15, 0.2) is 18.3 Å². The van der Waals surface area contributed by atoms with Gasteiger partial charge in [-0.15, -0.1) is 0 Å². The monoisotopic (exact) mass is 294 g/mol. The molecule has 21 heavy (non-hydrogen) atoms. The van der Waals surface area contributed by atoms with E-state index in [1.54, 1.807) is 11.0 Å². The Hall–Kier alpha value is -2.02. The van der Waals surface area contributed by atoms with Crippen LogP contribution in [0.5, 0.6) is 0 Å². The summed E-state index contributed by atoms with van der Waals surface area (Å²) in [7, 11) is 0. The van der Waals surface area contributed by atoms with Crippen molar-refractivity contribution in [2.75, 3.05) is 39.3 Å². The smallest absolute Gasteiger partial charge is 0.258 e. The number of pyridine rings is 1. The fraction of sp³-hybridized carbons (Fsp3) is 0.500. The Morgan fingerprint density at radius 1 is 1.33 bits per heavy atom. The summed E-state index contributed by atoms with van der Waals surface area (Å²) in [5, 5.41) is 2.74. The molecule has 1 aliphatic heterocycles. The molecule has 1 fully saturated rings. The van der Waals surface area contributed by atoms with Crippen molar-refractivity contribution < 1.29 is 14.0 Å². The van der Waals surface area contributed by atoms with Crippen molar-refractivity contribution in [1.82, 2.24) is 20.1 Å².